The van der Waals surface area contributed by atoms with Crippen molar-refractivity contribution in [3.05, 3.63) is 53.6 Å². The van der Waals surface area contributed by atoms with Crippen molar-refractivity contribution < 1.29 is 9.84 Å². The monoisotopic (exact) mass is 295 g/mol. The number of para-hydroxylation sites is 1. The van der Waals surface area contributed by atoms with Crippen LogP contribution in [0.2, 0.25) is 0 Å². The van der Waals surface area contributed by atoms with Gasteiger partial charge in [0, 0.05) is 19.2 Å². The predicted molar refractivity (Wildman–Crippen MR) is 87.7 cm³/mol. The van der Waals surface area contributed by atoms with Crippen LogP contribution in [-0.4, -0.2) is 17.9 Å². The first kappa shape index (κ1) is 13.5. The minimum Gasteiger partial charge on any atom is -0.508 e. The number of ether oxygens (including phenoxy) is 1. The maximum atomic E-state index is 9.68. The zero-order valence-electron chi connectivity index (χ0n) is 13.3. The molecule has 4 rings (SSSR count). The van der Waals surface area contributed by atoms with E-state index in [-0.39, 0.29) is 11.1 Å². The lowest BCUT2D eigenvalue weighted by atomic mass is 9.74. The number of phenols is 1. The number of hydrogen-bond donors (Lipinski definition) is 1. The molecular formula is C19H21NO2. The minimum absolute atomic E-state index is 0.103. The number of fused-ring (bicyclic) bond motifs is 2. The van der Waals surface area contributed by atoms with Gasteiger partial charge in [0.15, 0.2) is 5.72 Å². The molecule has 0 bridgehead atoms. The third-order valence-corrected chi connectivity index (χ3v) is 5.51. The summed E-state index contributed by atoms with van der Waals surface area (Å²) >= 11 is 0. The van der Waals surface area contributed by atoms with Gasteiger partial charge in [-0.05, 0) is 55.7 Å². The van der Waals surface area contributed by atoms with Crippen molar-refractivity contribution in [3.63, 3.8) is 0 Å². The predicted octanol–water partition coefficient (Wildman–Crippen LogP) is 3.84. The number of aryl methyl sites for hydroxylation is 1. The van der Waals surface area contributed by atoms with Gasteiger partial charge in [-0.3, -0.25) is 0 Å². The lowest BCUT2D eigenvalue weighted by Gasteiger charge is -2.48. The van der Waals surface area contributed by atoms with E-state index in [0.29, 0.717) is 5.75 Å². The zero-order valence-corrected chi connectivity index (χ0v) is 13.3. The summed E-state index contributed by atoms with van der Waals surface area (Å²) in [5.41, 5.74) is 3.19. The number of rotatable bonds is 0. The number of nitrogens with zero attached hydrogens (tertiary/aromatic N) is 1. The highest BCUT2D eigenvalue weighted by Gasteiger charge is 2.58. The number of hydrogen-bond acceptors (Lipinski definition) is 3. The molecule has 2 aliphatic rings. The number of likely N-dealkylation sites (N-methyl/N-ethyl adjacent to an activating group) is 1. The van der Waals surface area contributed by atoms with E-state index in [1.807, 2.05) is 12.1 Å². The average Bonchev–Trinajstić information content (AvgIpc) is 2.67. The van der Waals surface area contributed by atoms with Crippen LogP contribution in [0.5, 0.6) is 11.5 Å². The van der Waals surface area contributed by atoms with E-state index in [1.165, 1.54) is 11.3 Å². The van der Waals surface area contributed by atoms with Gasteiger partial charge in [-0.15, -0.1) is 0 Å². The summed E-state index contributed by atoms with van der Waals surface area (Å²) in [6.07, 6.45) is 1.81. The quantitative estimate of drug-likeness (QED) is 0.801. The van der Waals surface area contributed by atoms with Crippen LogP contribution in [0.4, 0.5) is 5.69 Å². The number of phenolic OH excluding ortho intramolecular Hbond substituents is 1. The molecule has 2 aromatic carbocycles. The first-order valence-electron chi connectivity index (χ1n) is 7.80. The molecular weight excluding hydrogens is 274 g/mol. The Balaban J connectivity index is 1.85. The molecule has 1 atom stereocenters. The third-order valence-electron chi connectivity index (χ3n) is 5.51. The molecule has 0 saturated carbocycles. The van der Waals surface area contributed by atoms with Crippen LogP contribution >= 0.6 is 0 Å². The number of benzene rings is 2. The van der Waals surface area contributed by atoms with E-state index in [2.05, 4.69) is 50.1 Å². The highest BCUT2D eigenvalue weighted by Crippen LogP contribution is 2.55. The van der Waals surface area contributed by atoms with Crippen molar-refractivity contribution in [3.8, 4) is 11.5 Å². The highest BCUT2D eigenvalue weighted by molar-refractivity contribution is 5.66. The van der Waals surface area contributed by atoms with Crippen molar-refractivity contribution in [2.45, 2.75) is 37.8 Å². The Kier molecular flexibility index (Phi) is 2.57. The smallest absolute Gasteiger partial charge is 0.192 e. The largest absolute Gasteiger partial charge is 0.508 e. The molecule has 2 aromatic rings. The first-order chi connectivity index (χ1) is 10.5. The Morgan fingerprint density at radius 1 is 1.14 bits per heavy atom. The van der Waals surface area contributed by atoms with Crippen molar-refractivity contribution in [2.75, 3.05) is 11.9 Å². The van der Waals surface area contributed by atoms with Crippen LogP contribution in [0.1, 0.15) is 31.4 Å². The van der Waals surface area contributed by atoms with Crippen molar-refractivity contribution in [1.82, 2.24) is 0 Å². The van der Waals surface area contributed by atoms with Gasteiger partial charge in [0.1, 0.15) is 11.5 Å². The first-order valence-corrected chi connectivity index (χ1v) is 7.80. The maximum absolute atomic E-state index is 9.68. The van der Waals surface area contributed by atoms with Gasteiger partial charge in [-0.25, -0.2) is 0 Å². The summed E-state index contributed by atoms with van der Waals surface area (Å²) in [6.45, 7) is 4.53. The lowest BCUT2D eigenvalue weighted by Crippen LogP contribution is -2.60. The van der Waals surface area contributed by atoms with E-state index < -0.39 is 0 Å². The van der Waals surface area contributed by atoms with Gasteiger partial charge < -0.3 is 14.7 Å². The summed E-state index contributed by atoms with van der Waals surface area (Å²) in [5, 5.41) is 9.68. The fraction of sp³-hybridized carbons (Fsp3) is 0.368. The molecule has 114 valence electrons. The topological polar surface area (TPSA) is 32.7 Å². The normalized spacial score (nSPS) is 24.8. The highest BCUT2D eigenvalue weighted by atomic mass is 16.5. The van der Waals surface area contributed by atoms with Gasteiger partial charge >= 0.3 is 0 Å². The van der Waals surface area contributed by atoms with Gasteiger partial charge in [-0.2, -0.15) is 0 Å². The summed E-state index contributed by atoms with van der Waals surface area (Å²) in [5.74, 6) is 1.19. The Bertz CT molecular complexity index is 753. The van der Waals surface area contributed by atoms with Crippen LogP contribution in [0.25, 0.3) is 0 Å². The van der Waals surface area contributed by atoms with Gasteiger partial charge in [0.25, 0.3) is 0 Å². The Labute approximate surface area is 131 Å². The van der Waals surface area contributed by atoms with Gasteiger partial charge in [0.05, 0.1) is 5.41 Å². The SMILES string of the molecule is CN1c2ccccc2C(C)(C)C12CCc1cc(O)ccc1O2. The molecule has 0 radical (unpaired) electrons. The molecule has 2 heterocycles. The van der Waals surface area contributed by atoms with Crippen molar-refractivity contribution in [1.29, 1.82) is 0 Å². The van der Waals surface area contributed by atoms with Crippen molar-refractivity contribution in [2.24, 2.45) is 0 Å². The minimum atomic E-state index is -0.374. The molecule has 22 heavy (non-hydrogen) atoms. The zero-order chi connectivity index (χ0) is 15.5. The molecule has 0 aliphatic carbocycles. The Hall–Kier alpha value is -2.16. The van der Waals surface area contributed by atoms with E-state index in [1.54, 1.807) is 6.07 Å². The Morgan fingerprint density at radius 2 is 1.91 bits per heavy atom. The fourth-order valence-electron chi connectivity index (χ4n) is 4.19. The molecule has 0 fully saturated rings. The fourth-order valence-corrected chi connectivity index (χ4v) is 4.19. The van der Waals surface area contributed by atoms with E-state index in [9.17, 15) is 5.11 Å². The van der Waals surface area contributed by atoms with Crippen LogP contribution in [0.3, 0.4) is 0 Å². The lowest BCUT2D eigenvalue weighted by molar-refractivity contribution is -0.00588. The third kappa shape index (κ3) is 1.51. The maximum Gasteiger partial charge on any atom is 0.192 e. The van der Waals surface area contributed by atoms with Crippen LogP contribution in [0, 0.1) is 0 Å². The van der Waals surface area contributed by atoms with Crippen LogP contribution in [-0.2, 0) is 11.8 Å². The summed E-state index contributed by atoms with van der Waals surface area (Å²) in [6, 6.07) is 14.0. The molecule has 0 amide bonds. The number of anilines is 1. The second-order valence-corrected chi connectivity index (χ2v) is 6.88. The molecule has 1 N–H and O–H groups in total. The molecule has 0 aromatic heterocycles. The van der Waals surface area contributed by atoms with Crippen LogP contribution < -0.4 is 9.64 Å². The second-order valence-electron chi connectivity index (χ2n) is 6.88. The van der Waals surface area contributed by atoms with E-state index >= 15 is 0 Å². The van der Waals surface area contributed by atoms with E-state index in [0.717, 1.165) is 24.2 Å². The molecule has 2 aliphatic heterocycles. The average molecular weight is 295 g/mol. The summed E-state index contributed by atoms with van der Waals surface area (Å²) in [4.78, 5) is 2.29. The summed E-state index contributed by atoms with van der Waals surface area (Å²) < 4.78 is 6.56. The Morgan fingerprint density at radius 3 is 2.68 bits per heavy atom. The standard InChI is InChI=1S/C19H21NO2/c1-18(2)15-6-4-5-7-16(15)20(3)19(18)11-10-13-12-14(21)8-9-17(13)22-19/h4-9,12,21H,10-11H2,1-3H3. The van der Waals surface area contributed by atoms with Gasteiger partial charge in [0.2, 0.25) is 0 Å². The molecule has 3 heteroatoms. The molecule has 3 nitrogen and oxygen atoms in total. The van der Waals surface area contributed by atoms with Gasteiger partial charge in [-0.1, -0.05) is 18.2 Å². The molecule has 1 spiro atoms. The van der Waals surface area contributed by atoms with Crippen LogP contribution in [0.15, 0.2) is 42.5 Å². The molecule has 0 saturated heterocycles. The molecule has 1 unspecified atom stereocenters. The summed E-state index contributed by atoms with van der Waals surface area (Å²) in [7, 11) is 2.12. The second kappa shape index (κ2) is 4.19. The van der Waals surface area contributed by atoms with E-state index in [4.69, 9.17) is 4.74 Å². The number of aromatic hydroxyl groups is 1. The van der Waals surface area contributed by atoms with Crippen molar-refractivity contribution >= 4 is 5.69 Å².